The number of nitrogens with one attached hydrogen (secondary N) is 1. The number of H-pyrrole nitrogens is 1. The van der Waals surface area contributed by atoms with Gasteiger partial charge in [-0.05, 0) is 45.1 Å². The third kappa shape index (κ3) is 3.53. The van der Waals surface area contributed by atoms with Gasteiger partial charge in [0.15, 0.2) is 12.4 Å². The summed E-state index contributed by atoms with van der Waals surface area (Å²) in [6, 6.07) is 0. The standard InChI is InChI=1S/C17H21NO4/c1-10-16(12(3)19)11(2)18-17(10)14(20)9-22-15(21)8-13-6-4-5-7-13/h4,6,13,18H,5,7-9H2,1-3H3/t13-/m0/s1. The van der Waals surface area contributed by atoms with Crippen LogP contribution in [-0.4, -0.2) is 29.1 Å². The second kappa shape index (κ2) is 6.73. The van der Waals surface area contributed by atoms with Crippen molar-refractivity contribution in [3.63, 3.8) is 0 Å². The molecule has 22 heavy (non-hydrogen) atoms. The summed E-state index contributed by atoms with van der Waals surface area (Å²) in [4.78, 5) is 38.4. The Morgan fingerprint density at radius 2 is 2.05 bits per heavy atom. The van der Waals surface area contributed by atoms with Crippen molar-refractivity contribution in [1.29, 1.82) is 0 Å². The van der Waals surface area contributed by atoms with Gasteiger partial charge in [-0.15, -0.1) is 0 Å². The van der Waals surface area contributed by atoms with Crippen molar-refractivity contribution in [2.75, 3.05) is 6.61 Å². The van der Waals surface area contributed by atoms with Crippen molar-refractivity contribution in [1.82, 2.24) is 4.98 Å². The van der Waals surface area contributed by atoms with Crippen molar-refractivity contribution in [2.45, 2.75) is 40.0 Å². The lowest BCUT2D eigenvalue weighted by Crippen LogP contribution is -2.17. The molecule has 5 heteroatoms. The zero-order chi connectivity index (χ0) is 16.3. The lowest BCUT2D eigenvalue weighted by Gasteiger charge is -2.07. The Kier molecular flexibility index (Phi) is 4.96. The second-order valence-electron chi connectivity index (χ2n) is 5.73. The van der Waals surface area contributed by atoms with E-state index in [1.54, 1.807) is 13.8 Å². The highest BCUT2D eigenvalue weighted by molar-refractivity contribution is 6.04. The van der Waals surface area contributed by atoms with Crippen LogP contribution in [0.2, 0.25) is 0 Å². The Morgan fingerprint density at radius 3 is 2.59 bits per heavy atom. The maximum atomic E-state index is 12.2. The molecule has 0 unspecified atom stereocenters. The SMILES string of the molecule is CC(=O)c1c(C)[nH]c(C(=O)COC(=O)C[C@H]2C=CCC2)c1C. The van der Waals surface area contributed by atoms with Gasteiger partial charge in [0.05, 0.1) is 12.1 Å². The van der Waals surface area contributed by atoms with E-state index < -0.39 is 0 Å². The maximum Gasteiger partial charge on any atom is 0.306 e. The summed E-state index contributed by atoms with van der Waals surface area (Å²) in [5, 5.41) is 0. The molecule has 1 atom stereocenters. The van der Waals surface area contributed by atoms with E-state index in [2.05, 4.69) is 11.1 Å². The van der Waals surface area contributed by atoms with Crippen molar-refractivity contribution in [3.05, 3.63) is 34.7 Å². The molecule has 0 saturated heterocycles. The molecule has 1 aromatic heterocycles. The van der Waals surface area contributed by atoms with E-state index in [0.717, 1.165) is 12.8 Å². The first-order valence-corrected chi connectivity index (χ1v) is 7.45. The Bertz CT molecular complexity index is 639. The fourth-order valence-corrected chi connectivity index (χ4v) is 2.91. The van der Waals surface area contributed by atoms with Gasteiger partial charge < -0.3 is 9.72 Å². The molecule has 5 nitrogen and oxygen atoms in total. The first-order chi connectivity index (χ1) is 10.4. The maximum absolute atomic E-state index is 12.2. The average Bonchev–Trinajstić information content (AvgIpc) is 3.04. The van der Waals surface area contributed by atoms with Crippen LogP contribution in [0.25, 0.3) is 0 Å². The monoisotopic (exact) mass is 303 g/mol. The molecule has 1 aliphatic rings. The van der Waals surface area contributed by atoms with Gasteiger partial charge in [-0.1, -0.05) is 12.2 Å². The molecule has 0 saturated carbocycles. The van der Waals surface area contributed by atoms with Gasteiger partial charge in [0.1, 0.15) is 0 Å². The van der Waals surface area contributed by atoms with E-state index in [-0.39, 0.29) is 30.1 Å². The normalized spacial score (nSPS) is 16.8. The number of Topliss-reactive ketones (excluding diaryl/α,β-unsaturated/α-hetero) is 2. The summed E-state index contributed by atoms with van der Waals surface area (Å²) in [5.74, 6) is -0.544. The Hall–Kier alpha value is -2.17. The third-order valence-corrected chi connectivity index (χ3v) is 3.97. The van der Waals surface area contributed by atoms with Crippen molar-refractivity contribution in [2.24, 2.45) is 5.92 Å². The quantitative estimate of drug-likeness (QED) is 0.498. The average molecular weight is 303 g/mol. The lowest BCUT2D eigenvalue weighted by molar-refractivity contribution is -0.143. The number of rotatable bonds is 6. The van der Waals surface area contributed by atoms with Gasteiger partial charge in [0.25, 0.3) is 0 Å². The third-order valence-electron chi connectivity index (χ3n) is 3.97. The molecule has 0 bridgehead atoms. The predicted molar refractivity (Wildman–Crippen MR) is 82.0 cm³/mol. The summed E-state index contributed by atoms with van der Waals surface area (Å²) in [6.45, 7) is 4.64. The molecule has 118 valence electrons. The number of carbonyl (C=O) groups excluding carboxylic acids is 3. The van der Waals surface area contributed by atoms with Crippen molar-refractivity contribution >= 4 is 17.5 Å². The number of carbonyl (C=O) groups is 3. The molecule has 0 aliphatic heterocycles. The van der Waals surface area contributed by atoms with E-state index in [1.165, 1.54) is 6.92 Å². The van der Waals surface area contributed by atoms with Crippen LogP contribution < -0.4 is 0 Å². The number of aromatic amines is 1. The van der Waals surface area contributed by atoms with Gasteiger partial charge in [-0.2, -0.15) is 0 Å². The van der Waals surface area contributed by atoms with Gasteiger partial charge in [0.2, 0.25) is 5.78 Å². The summed E-state index contributed by atoms with van der Waals surface area (Å²) >= 11 is 0. The van der Waals surface area contributed by atoms with Crippen LogP contribution >= 0.6 is 0 Å². The molecule has 0 aromatic carbocycles. The number of aryl methyl sites for hydroxylation is 1. The van der Waals surface area contributed by atoms with E-state index in [1.807, 2.05) is 6.08 Å². The molecule has 1 aliphatic carbocycles. The molecule has 1 heterocycles. The number of ketones is 2. The topological polar surface area (TPSA) is 76.2 Å². The molecule has 2 rings (SSSR count). The Balaban J connectivity index is 1.95. The zero-order valence-corrected chi connectivity index (χ0v) is 13.2. The van der Waals surface area contributed by atoms with Gasteiger partial charge >= 0.3 is 5.97 Å². The summed E-state index contributed by atoms with van der Waals surface area (Å²) in [5.41, 5.74) is 2.16. The summed E-state index contributed by atoms with van der Waals surface area (Å²) in [7, 11) is 0. The molecule has 0 amide bonds. The molecular formula is C17H21NO4. The minimum atomic E-state index is -0.363. The van der Waals surface area contributed by atoms with Crippen LogP contribution in [0.1, 0.15) is 58.3 Å². The number of ether oxygens (including phenoxy) is 1. The summed E-state index contributed by atoms with van der Waals surface area (Å²) in [6.07, 6.45) is 6.33. The fourth-order valence-electron chi connectivity index (χ4n) is 2.91. The van der Waals surface area contributed by atoms with Gasteiger partial charge in [-0.3, -0.25) is 14.4 Å². The highest BCUT2D eigenvalue weighted by Gasteiger charge is 2.21. The number of hydrogen-bond acceptors (Lipinski definition) is 4. The minimum Gasteiger partial charge on any atom is -0.457 e. The van der Waals surface area contributed by atoms with Gasteiger partial charge in [-0.25, -0.2) is 0 Å². The summed E-state index contributed by atoms with van der Waals surface area (Å²) < 4.78 is 5.06. The van der Waals surface area contributed by atoms with E-state index in [4.69, 9.17) is 4.74 Å². The van der Waals surface area contributed by atoms with Crippen LogP contribution in [0.3, 0.4) is 0 Å². The Labute approximate surface area is 129 Å². The van der Waals surface area contributed by atoms with Crippen molar-refractivity contribution < 1.29 is 19.1 Å². The van der Waals surface area contributed by atoms with Crippen molar-refractivity contribution in [3.8, 4) is 0 Å². The first kappa shape index (κ1) is 16.2. The van der Waals surface area contributed by atoms with Crippen LogP contribution in [0, 0.1) is 19.8 Å². The van der Waals surface area contributed by atoms with Crippen LogP contribution in [0.4, 0.5) is 0 Å². The highest BCUT2D eigenvalue weighted by Crippen LogP contribution is 2.21. The smallest absolute Gasteiger partial charge is 0.306 e. The lowest BCUT2D eigenvalue weighted by atomic mass is 10.1. The van der Waals surface area contributed by atoms with Crippen LogP contribution in [0.15, 0.2) is 12.2 Å². The molecule has 0 radical (unpaired) electrons. The molecule has 1 N–H and O–H groups in total. The molecular weight excluding hydrogens is 282 g/mol. The molecule has 0 spiro atoms. The fraction of sp³-hybridized carbons (Fsp3) is 0.471. The first-order valence-electron chi connectivity index (χ1n) is 7.45. The number of hydrogen-bond donors (Lipinski definition) is 1. The predicted octanol–water partition coefficient (Wildman–Crippen LogP) is 2.92. The van der Waals surface area contributed by atoms with Crippen LogP contribution in [0.5, 0.6) is 0 Å². The van der Waals surface area contributed by atoms with Gasteiger partial charge in [0, 0.05) is 11.3 Å². The molecule has 1 aromatic rings. The zero-order valence-electron chi connectivity index (χ0n) is 13.2. The van der Waals surface area contributed by atoms with Crippen LogP contribution in [-0.2, 0) is 9.53 Å². The van der Waals surface area contributed by atoms with E-state index in [0.29, 0.717) is 28.9 Å². The second-order valence-corrected chi connectivity index (χ2v) is 5.73. The number of esters is 1. The molecule has 0 fully saturated rings. The number of aromatic nitrogens is 1. The minimum absolute atomic E-state index is 0.0877. The largest absolute Gasteiger partial charge is 0.457 e. The van der Waals surface area contributed by atoms with E-state index in [9.17, 15) is 14.4 Å². The Morgan fingerprint density at radius 1 is 1.32 bits per heavy atom. The highest BCUT2D eigenvalue weighted by atomic mass is 16.5. The number of allylic oxidation sites excluding steroid dienone is 2. The van der Waals surface area contributed by atoms with E-state index >= 15 is 0 Å².